The molecular formula is C14H20N2O5S. The Labute approximate surface area is 129 Å². The molecule has 1 aliphatic heterocycles. The Morgan fingerprint density at radius 3 is 2.77 bits per heavy atom. The molecule has 1 fully saturated rings. The van der Waals surface area contributed by atoms with Gasteiger partial charge >= 0.3 is 5.97 Å². The van der Waals surface area contributed by atoms with Crippen molar-refractivity contribution in [1.29, 1.82) is 0 Å². The summed E-state index contributed by atoms with van der Waals surface area (Å²) in [6.07, 6.45) is 4.11. The van der Waals surface area contributed by atoms with E-state index >= 15 is 0 Å². The molecule has 1 aromatic heterocycles. The van der Waals surface area contributed by atoms with Crippen molar-refractivity contribution in [2.24, 2.45) is 0 Å². The topological polar surface area (TPSA) is 96.7 Å². The van der Waals surface area contributed by atoms with Crippen LogP contribution in [0.4, 0.5) is 0 Å². The van der Waals surface area contributed by atoms with Crippen LogP contribution in [0.25, 0.3) is 0 Å². The molecule has 22 heavy (non-hydrogen) atoms. The minimum Gasteiger partial charge on any atom is -0.477 e. The minimum atomic E-state index is -3.45. The Balaban J connectivity index is 2.14. The molecule has 1 saturated heterocycles. The van der Waals surface area contributed by atoms with Gasteiger partial charge in [0.05, 0.1) is 5.75 Å². The zero-order chi connectivity index (χ0) is 16.3. The summed E-state index contributed by atoms with van der Waals surface area (Å²) in [6, 6.07) is 2.62. The van der Waals surface area contributed by atoms with Crippen LogP contribution >= 0.6 is 0 Å². The maximum absolute atomic E-state index is 12.4. The van der Waals surface area contributed by atoms with Gasteiger partial charge in [-0.05, 0) is 31.9 Å². The lowest BCUT2D eigenvalue weighted by Gasteiger charge is -2.32. The standard InChI is InChI=1S/C14H20N2O5S/c1-11-5-2-3-8-16(11)22(20,21)10-9-15-7-4-6-12(13(15)17)14(18)19/h4,6-7,11H,2-3,5,8-10H2,1H3,(H,18,19). The number of carboxylic acids is 1. The summed E-state index contributed by atoms with van der Waals surface area (Å²) in [6.45, 7) is 2.34. The first kappa shape index (κ1) is 16.7. The summed E-state index contributed by atoms with van der Waals surface area (Å²) >= 11 is 0. The van der Waals surface area contributed by atoms with Crippen molar-refractivity contribution in [2.75, 3.05) is 12.3 Å². The van der Waals surface area contributed by atoms with Crippen LogP contribution in [0, 0.1) is 0 Å². The average Bonchev–Trinajstić information content (AvgIpc) is 2.46. The van der Waals surface area contributed by atoms with Gasteiger partial charge in [-0.25, -0.2) is 13.2 Å². The first-order chi connectivity index (χ1) is 10.3. The number of carboxylic acid groups (broad SMARTS) is 1. The predicted octanol–water partition coefficient (Wildman–Crippen LogP) is 0.751. The predicted molar refractivity (Wildman–Crippen MR) is 81.5 cm³/mol. The molecule has 1 aromatic rings. The summed E-state index contributed by atoms with van der Waals surface area (Å²) < 4.78 is 27.4. The fourth-order valence-electron chi connectivity index (χ4n) is 2.69. The Hall–Kier alpha value is -1.67. The molecular weight excluding hydrogens is 308 g/mol. The van der Waals surface area contributed by atoms with Gasteiger partial charge in [0.25, 0.3) is 5.56 Å². The van der Waals surface area contributed by atoms with E-state index < -0.39 is 21.6 Å². The highest BCUT2D eigenvalue weighted by atomic mass is 32.2. The van der Waals surface area contributed by atoms with Crippen LogP contribution in [0.5, 0.6) is 0 Å². The van der Waals surface area contributed by atoms with Crippen LogP contribution in [0.15, 0.2) is 23.1 Å². The van der Waals surface area contributed by atoms with Gasteiger partial charge in [0.15, 0.2) is 0 Å². The van der Waals surface area contributed by atoms with Crippen molar-refractivity contribution in [3.8, 4) is 0 Å². The van der Waals surface area contributed by atoms with Gasteiger partial charge in [0.2, 0.25) is 10.0 Å². The largest absolute Gasteiger partial charge is 0.477 e. The molecule has 0 aromatic carbocycles. The van der Waals surface area contributed by atoms with Crippen molar-refractivity contribution >= 4 is 16.0 Å². The third-order valence-electron chi connectivity index (χ3n) is 3.94. The third kappa shape index (κ3) is 3.56. The lowest BCUT2D eigenvalue weighted by Crippen LogP contribution is -2.44. The van der Waals surface area contributed by atoms with Crippen LogP contribution in [-0.2, 0) is 16.6 Å². The number of carbonyl (C=O) groups is 1. The van der Waals surface area contributed by atoms with E-state index in [-0.39, 0.29) is 23.9 Å². The maximum atomic E-state index is 12.4. The van der Waals surface area contributed by atoms with Crippen molar-refractivity contribution in [3.05, 3.63) is 34.2 Å². The van der Waals surface area contributed by atoms with Crippen LogP contribution in [0.2, 0.25) is 0 Å². The van der Waals surface area contributed by atoms with E-state index in [4.69, 9.17) is 5.11 Å². The number of hydrogen-bond acceptors (Lipinski definition) is 4. The van der Waals surface area contributed by atoms with Crippen LogP contribution in [0.1, 0.15) is 36.5 Å². The number of aromatic nitrogens is 1. The minimum absolute atomic E-state index is 0.0270. The number of sulfonamides is 1. The van der Waals surface area contributed by atoms with E-state index in [0.29, 0.717) is 6.54 Å². The average molecular weight is 328 g/mol. The van der Waals surface area contributed by atoms with E-state index in [1.165, 1.54) is 22.6 Å². The van der Waals surface area contributed by atoms with Crippen LogP contribution in [0.3, 0.4) is 0 Å². The molecule has 0 amide bonds. The summed E-state index contributed by atoms with van der Waals surface area (Å²) in [7, 11) is -3.45. The lowest BCUT2D eigenvalue weighted by molar-refractivity contribution is 0.0694. The second-order valence-corrected chi connectivity index (χ2v) is 7.54. The number of rotatable bonds is 5. The highest BCUT2D eigenvalue weighted by molar-refractivity contribution is 7.89. The highest BCUT2D eigenvalue weighted by Gasteiger charge is 2.29. The van der Waals surface area contributed by atoms with Gasteiger partial charge in [-0.15, -0.1) is 0 Å². The van der Waals surface area contributed by atoms with Crippen molar-refractivity contribution in [1.82, 2.24) is 8.87 Å². The summed E-state index contributed by atoms with van der Waals surface area (Å²) in [4.78, 5) is 22.9. The molecule has 0 saturated carbocycles. The van der Waals surface area contributed by atoms with E-state index in [1.54, 1.807) is 0 Å². The van der Waals surface area contributed by atoms with E-state index in [2.05, 4.69) is 0 Å². The molecule has 8 heteroatoms. The lowest BCUT2D eigenvalue weighted by atomic mass is 10.1. The van der Waals surface area contributed by atoms with Gasteiger partial charge in [0.1, 0.15) is 5.56 Å². The number of piperidine rings is 1. The number of aryl methyl sites for hydroxylation is 1. The summed E-state index contributed by atoms with van der Waals surface area (Å²) in [5, 5.41) is 8.92. The normalized spacial score (nSPS) is 20.0. The van der Waals surface area contributed by atoms with Crippen molar-refractivity contribution in [3.63, 3.8) is 0 Å². The number of nitrogens with zero attached hydrogens (tertiary/aromatic N) is 2. The smallest absolute Gasteiger partial charge is 0.341 e. The maximum Gasteiger partial charge on any atom is 0.341 e. The van der Waals surface area contributed by atoms with E-state index in [1.807, 2.05) is 6.92 Å². The Bertz CT molecular complexity index is 710. The molecule has 2 rings (SSSR count). The van der Waals surface area contributed by atoms with E-state index in [0.717, 1.165) is 23.8 Å². The zero-order valence-electron chi connectivity index (χ0n) is 12.4. The molecule has 2 heterocycles. The second kappa shape index (κ2) is 6.62. The number of pyridine rings is 1. The quantitative estimate of drug-likeness (QED) is 0.860. The molecule has 1 N–H and O–H groups in total. The Kier molecular flexibility index (Phi) is 5.02. The van der Waals surface area contributed by atoms with Gasteiger partial charge in [-0.3, -0.25) is 4.79 Å². The Morgan fingerprint density at radius 2 is 2.14 bits per heavy atom. The van der Waals surface area contributed by atoms with Crippen LogP contribution in [-0.4, -0.2) is 46.7 Å². The molecule has 7 nitrogen and oxygen atoms in total. The van der Waals surface area contributed by atoms with Gasteiger partial charge in [0, 0.05) is 25.3 Å². The SMILES string of the molecule is CC1CCCCN1S(=O)(=O)CCn1cccc(C(=O)O)c1=O. The number of hydrogen-bond donors (Lipinski definition) is 1. The van der Waals surface area contributed by atoms with Gasteiger partial charge in [-0.1, -0.05) is 6.42 Å². The molecule has 0 spiro atoms. The second-order valence-electron chi connectivity index (χ2n) is 5.50. The van der Waals surface area contributed by atoms with Crippen molar-refractivity contribution < 1.29 is 18.3 Å². The fraction of sp³-hybridized carbons (Fsp3) is 0.571. The number of aromatic carboxylic acids is 1. The first-order valence-electron chi connectivity index (χ1n) is 7.25. The molecule has 1 atom stereocenters. The molecule has 0 bridgehead atoms. The Morgan fingerprint density at radius 1 is 1.41 bits per heavy atom. The molecule has 1 unspecified atom stereocenters. The van der Waals surface area contributed by atoms with E-state index in [9.17, 15) is 18.0 Å². The third-order valence-corrected chi connectivity index (χ3v) is 5.90. The summed E-state index contributed by atoms with van der Waals surface area (Å²) in [5.41, 5.74) is -1.04. The summed E-state index contributed by atoms with van der Waals surface area (Å²) in [5.74, 6) is -1.52. The fourth-order valence-corrected chi connectivity index (χ4v) is 4.41. The van der Waals surface area contributed by atoms with Gasteiger partial charge < -0.3 is 9.67 Å². The molecule has 0 aliphatic carbocycles. The van der Waals surface area contributed by atoms with Crippen LogP contribution < -0.4 is 5.56 Å². The highest BCUT2D eigenvalue weighted by Crippen LogP contribution is 2.20. The molecule has 122 valence electrons. The monoisotopic (exact) mass is 328 g/mol. The molecule has 1 aliphatic rings. The molecule has 0 radical (unpaired) electrons. The van der Waals surface area contributed by atoms with Gasteiger partial charge in [-0.2, -0.15) is 4.31 Å². The first-order valence-corrected chi connectivity index (χ1v) is 8.86. The van der Waals surface area contributed by atoms with Crippen molar-refractivity contribution in [2.45, 2.75) is 38.8 Å². The zero-order valence-corrected chi connectivity index (χ0v) is 13.3.